The number of hydrogen-bond donors (Lipinski definition) is 2. The molecule has 116 valence electrons. The van der Waals surface area contributed by atoms with E-state index in [0.29, 0.717) is 26.4 Å². The number of anilines is 1. The van der Waals surface area contributed by atoms with E-state index >= 15 is 0 Å². The minimum atomic E-state index is -0.635. The molecule has 1 saturated heterocycles. The zero-order valence-corrected chi connectivity index (χ0v) is 12.0. The molecule has 0 aromatic carbocycles. The number of hydrogen-bond acceptors (Lipinski definition) is 5. The van der Waals surface area contributed by atoms with Crippen LogP contribution in [0.5, 0.6) is 0 Å². The van der Waals surface area contributed by atoms with Gasteiger partial charge in [-0.15, -0.1) is 0 Å². The van der Waals surface area contributed by atoms with Crippen molar-refractivity contribution in [3.05, 3.63) is 23.6 Å². The molecule has 1 fully saturated rings. The van der Waals surface area contributed by atoms with E-state index in [0.717, 1.165) is 6.42 Å². The van der Waals surface area contributed by atoms with Gasteiger partial charge in [0.25, 0.3) is 5.91 Å². The van der Waals surface area contributed by atoms with Gasteiger partial charge in [-0.1, -0.05) is 6.92 Å². The van der Waals surface area contributed by atoms with Crippen molar-refractivity contribution in [2.45, 2.75) is 19.4 Å². The van der Waals surface area contributed by atoms with Gasteiger partial charge in [-0.2, -0.15) is 0 Å². The Hall–Kier alpha value is -1.73. The maximum absolute atomic E-state index is 14.2. The third-order valence-corrected chi connectivity index (χ3v) is 3.05. The number of nitrogens with zero attached hydrogens (tertiary/aromatic N) is 1. The summed E-state index contributed by atoms with van der Waals surface area (Å²) in [6, 6.07) is 1.36. The van der Waals surface area contributed by atoms with Crippen molar-refractivity contribution in [3.63, 3.8) is 0 Å². The van der Waals surface area contributed by atoms with Crippen LogP contribution in [0.3, 0.4) is 0 Å². The maximum atomic E-state index is 14.2. The summed E-state index contributed by atoms with van der Waals surface area (Å²) in [6.45, 7) is 4.36. The molecule has 2 rings (SSSR count). The van der Waals surface area contributed by atoms with Crippen LogP contribution in [0.2, 0.25) is 0 Å². The average molecular weight is 297 g/mol. The van der Waals surface area contributed by atoms with E-state index in [2.05, 4.69) is 15.6 Å². The SMILES string of the molecule is CCCNc1nccc(C(=O)NCC2COCCO2)c1F. The van der Waals surface area contributed by atoms with Crippen LogP contribution >= 0.6 is 0 Å². The van der Waals surface area contributed by atoms with E-state index in [1.54, 1.807) is 0 Å². The predicted molar refractivity (Wildman–Crippen MR) is 75.9 cm³/mol. The second-order valence-corrected chi connectivity index (χ2v) is 4.73. The predicted octanol–water partition coefficient (Wildman–Crippen LogP) is 1.19. The Bertz CT molecular complexity index is 479. The number of aromatic nitrogens is 1. The maximum Gasteiger partial charge on any atom is 0.254 e. The van der Waals surface area contributed by atoms with Crippen LogP contribution in [0.15, 0.2) is 12.3 Å². The molecule has 1 aromatic rings. The van der Waals surface area contributed by atoms with Gasteiger partial charge < -0.3 is 20.1 Å². The molecule has 6 nitrogen and oxygen atoms in total. The number of carbonyl (C=O) groups excluding carboxylic acids is 1. The summed E-state index contributed by atoms with van der Waals surface area (Å²) in [4.78, 5) is 15.9. The van der Waals surface area contributed by atoms with E-state index < -0.39 is 11.7 Å². The van der Waals surface area contributed by atoms with Crippen molar-refractivity contribution in [1.82, 2.24) is 10.3 Å². The van der Waals surface area contributed by atoms with Crippen LogP contribution in [-0.2, 0) is 9.47 Å². The lowest BCUT2D eigenvalue weighted by Gasteiger charge is -2.23. The van der Waals surface area contributed by atoms with Gasteiger partial charge >= 0.3 is 0 Å². The van der Waals surface area contributed by atoms with E-state index in [9.17, 15) is 9.18 Å². The normalized spacial score (nSPS) is 18.3. The Kier molecular flexibility index (Phi) is 5.89. The highest BCUT2D eigenvalue weighted by molar-refractivity contribution is 5.95. The lowest BCUT2D eigenvalue weighted by Crippen LogP contribution is -2.40. The first-order chi connectivity index (χ1) is 10.2. The Balaban J connectivity index is 1.94. The van der Waals surface area contributed by atoms with E-state index in [4.69, 9.17) is 9.47 Å². The average Bonchev–Trinajstić information content (AvgIpc) is 2.52. The number of pyridine rings is 1. The molecule has 0 bridgehead atoms. The Labute approximate surface area is 123 Å². The highest BCUT2D eigenvalue weighted by Gasteiger charge is 2.19. The van der Waals surface area contributed by atoms with Crippen molar-refractivity contribution >= 4 is 11.7 Å². The topological polar surface area (TPSA) is 72.5 Å². The highest BCUT2D eigenvalue weighted by Crippen LogP contribution is 2.15. The largest absolute Gasteiger partial charge is 0.376 e. The molecule has 1 aliphatic rings. The van der Waals surface area contributed by atoms with Crippen LogP contribution in [0.1, 0.15) is 23.7 Å². The molecule has 1 atom stereocenters. The lowest BCUT2D eigenvalue weighted by atomic mass is 10.2. The lowest BCUT2D eigenvalue weighted by molar-refractivity contribution is -0.0855. The molecule has 2 N–H and O–H groups in total. The van der Waals surface area contributed by atoms with Crippen molar-refractivity contribution in [2.75, 3.05) is 38.2 Å². The van der Waals surface area contributed by atoms with Gasteiger partial charge in [0.15, 0.2) is 11.6 Å². The molecule has 1 amide bonds. The number of amides is 1. The Morgan fingerprint density at radius 3 is 3.10 bits per heavy atom. The minimum Gasteiger partial charge on any atom is -0.376 e. The van der Waals surface area contributed by atoms with Crippen molar-refractivity contribution in [1.29, 1.82) is 0 Å². The molecular weight excluding hydrogens is 277 g/mol. The summed E-state index contributed by atoms with van der Waals surface area (Å²) in [7, 11) is 0. The van der Waals surface area contributed by atoms with Crippen molar-refractivity contribution in [3.8, 4) is 0 Å². The van der Waals surface area contributed by atoms with Crippen LogP contribution in [-0.4, -0.2) is 49.9 Å². The molecular formula is C14H20FN3O3. The second-order valence-electron chi connectivity index (χ2n) is 4.73. The summed E-state index contributed by atoms with van der Waals surface area (Å²) in [6.07, 6.45) is 2.07. The van der Waals surface area contributed by atoms with Gasteiger partial charge in [0.05, 0.1) is 31.5 Å². The van der Waals surface area contributed by atoms with E-state index in [1.807, 2.05) is 6.92 Å². The van der Waals surface area contributed by atoms with Crippen molar-refractivity contribution < 1.29 is 18.7 Å². The molecule has 0 aliphatic carbocycles. The van der Waals surface area contributed by atoms with Crippen LogP contribution in [0.25, 0.3) is 0 Å². The molecule has 1 aliphatic heterocycles. The first kappa shape index (κ1) is 15.7. The number of rotatable bonds is 6. The van der Waals surface area contributed by atoms with Gasteiger partial charge in [-0.25, -0.2) is 9.37 Å². The third-order valence-electron chi connectivity index (χ3n) is 3.05. The second kappa shape index (κ2) is 7.90. The van der Waals surface area contributed by atoms with E-state index in [1.165, 1.54) is 12.3 Å². The van der Waals surface area contributed by atoms with Crippen molar-refractivity contribution in [2.24, 2.45) is 0 Å². The Morgan fingerprint density at radius 1 is 1.52 bits per heavy atom. The number of halogens is 1. The Morgan fingerprint density at radius 2 is 2.38 bits per heavy atom. The first-order valence-corrected chi connectivity index (χ1v) is 7.08. The molecule has 0 saturated carbocycles. The zero-order chi connectivity index (χ0) is 15.1. The molecule has 21 heavy (non-hydrogen) atoms. The third kappa shape index (κ3) is 4.37. The number of carbonyl (C=O) groups is 1. The minimum absolute atomic E-state index is 0.0275. The van der Waals surface area contributed by atoms with Gasteiger partial charge in [0.2, 0.25) is 0 Å². The smallest absolute Gasteiger partial charge is 0.254 e. The van der Waals surface area contributed by atoms with Gasteiger partial charge in [0, 0.05) is 19.3 Å². The van der Waals surface area contributed by atoms with Crippen LogP contribution < -0.4 is 10.6 Å². The van der Waals surface area contributed by atoms with Crippen LogP contribution in [0, 0.1) is 5.82 Å². The molecule has 1 unspecified atom stereocenters. The quantitative estimate of drug-likeness (QED) is 0.825. The summed E-state index contributed by atoms with van der Waals surface area (Å²) in [5.41, 5.74) is -0.0275. The fourth-order valence-corrected chi connectivity index (χ4v) is 1.94. The van der Waals surface area contributed by atoms with Gasteiger partial charge in [0.1, 0.15) is 0 Å². The highest BCUT2D eigenvalue weighted by atomic mass is 19.1. The molecule has 2 heterocycles. The van der Waals surface area contributed by atoms with E-state index in [-0.39, 0.29) is 24.0 Å². The first-order valence-electron chi connectivity index (χ1n) is 7.08. The summed E-state index contributed by atoms with van der Waals surface area (Å²) < 4.78 is 24.8. The zero-order valence-electron chi connectivity index (χ0n) is 12.0. The van der Waals surface area contributed by atoms with Gasteiger partial charge in [-0.3, -0.25) is 4.79 Å². The summed E-state index contributed by atoms with van der Waals surface area (Å²) >= 11 is 0. The summed E-state index contributed by atoms with van der Waals surface area (Å²) in [5, 5.41) is 5.51. The van der Waals surface area contributed by atoms with Gasteiger partial charge in [-0.05, 0) is 12.5 Å². The molecule has 1 aromatic heterocycles. The standard InChI is InChI=1S/C14H20FN3O3/c1-2-4-16-13-12(15)11(3-5-17-13)14(19)18-8-10-9-20-6-7-21-10/h3,5,10H,2,4,6-9H2,1H3,(H,16,17)(H,18,19). The number of nitrogens with one attached hydrogen (secondary N) is 2. The monoisotopic (exact) mass is 297 g/mol. The molecule has 0 radical (unpaired) electrons. The fourth-order valence-electron chi connectivity index (χ4n) is 1.94. The van der Waals surface area contributed by atoms with Crippen LogP contribution in [0.4, 0.5) is 10.2 Å². The summed E-state index contributed by atoms with van der Waals surface area (Å²) in [5.74, 6) is -1.02. The molecule has 0 spiro atoms. The molecule has 7 heteroatoms. The number of ether oxygens (including phenoxy) is 2. The fraction of sp³-hybridized carbons (Fsp3) is 0.571.